The van der Waals surface area contributed by atoms with Crippen LogP contribution < -0.4 is 21.9 Å². The Balaban J connectivity index is 2.71. The van der Waals surface area contributed by atoms with Crippen molar-refractivity contribution in [2.45, 2.75) is 26.2 Å². The molecule has 0 aromatic carbocycles. The number of nitrogens with one attached hydrogen (secondary N) is 1. The highest BCUT2D eigenvalue weighted by Crippen LogP contribution is 2.14. The third-order valence-corrected chi connectivity index (χ3v) is 2.59. The Hall–Kier alpha value is -2.15. The minimum Gasteiger partial charge on any atom is -0.403 e. The third-order valence-electron chi connectivity index (χ3n) is 2.59. The molecule has 0 aliphatic rings. The van der Waals surface area contributed by atoms with Gasteiger partial charge >= 0.3 is 11.6 Å². The lowest BCUT2D eigenvalue weighted by atomic mass is 10.1. The Morgan fingerprint density at radius 2 is 2.28 bits per heavy atom. The number of hydrogen-bond acceptors (Lipinski definition) is 6. The van der Waals surface area contributed by atoms with Gasteiger partial charge in [-0.3, -0.25) is 9.78 Å². The maximum absolute atomic E-state index is 11.9. The van der Waals surface area contributed by atoms with E-state index in [2.05, 4.69) is 14.8 Å². The molecule has 0 saturated heterocycles. The van der Waals surface area contributed by atoms with Crippen LogP contribution in [0.25, 0.3) is 11.1 Å². The van der Waals surface area contributed by atoms with Gasteiger partial charge in [-0.2, -0.15) is 10.9 Å². The molecule has 0 saturated carbocycles. The number of aromatic nitrogens is 2. The molecule has 2 heterocycles. The van der Waals surface area contributed by atoms with Gasteiger partial charge in [0.05, 0.1) is 0 Å². The van der Waals surface area contributed by atoms with Crippen molar-refractivity contribution in [2.75, 3.05) is 0 Å². The Bertz CT molecular complexity index is 674. The molecular weight excluding hydrogens is 238 g/mol. The predicted molar refractivity (Wildman–Crippen MR) is 64.3 cm³/mol. The maximum atomic E-state index is 11.9. The molecule has 2 aromatic heterocycles. The van der Waals surface area contributed by atoms with Crippen molar-refractivity contribution in [1.29, 1.82) is 0 Å². The SMILES string of the molecule is CCCCc1cc(=O)oc2nc(ON)[nH]c(=O)c12. The van der Waals surface area contributed by atoms with Gasteiger partial charge in [0.15, 0.2) is 0 Å². The Morgan fingerprint density at radius 3 is 2.94 bits per heavy atom. The molecule has 7 nitrogen and oxygen atoms in total. The number of rotatable bonds is 4. The number of aromatic amines is 1. The van der Waals surface area contributed by atoms with Gasteiger partial charge < -0.3 is 9.25 Å². The first-order chi connectivity index (χ1) is 8.65. The van der Waals surface area contributed by atoms with Gasteiger partial charge in [0.2, 0.25) is 5.71 Å². The van der Waals surface area contributed by atoms with E-state index in [1.165, 1.54) is 6.07 Å². The summed E-state index contributed by atoms with van der Waals surface area (Å²) in [6, 6.07) is 1.13. The second kappa shape index (κ2) is 5.01. The summed E-state index contributed by atoms with van der Waals surface area (Å²) in [6.07, 6.45) is 2.44. The Labute approximate surface area is 102 Å². The molecule has 0 amide bonds. The molecule has 7 heteroatoms. The van der Waals surface area contributed by atoms with E-state index in [0.29, 0.717) is 12.0 Å². The zero-order valence-corrected chi connectivity index (χ0v) is 9.86. The van der Waals surface area contributed by atoms with E-state index in [9.17, 15) is 9.59 Å². The molecule has 0 fully saturated rings. The van der Waals surface area contributed by atoms with Crippen LogP contribution in [0.15, 0.2) is 20.1 Å². The number of aryl methyl sites for hydroxylation is 1. The standard InChI is InChI=1S/C11H13N3O4/c1-2-3-4-6-5-7(15)17-10-8(6)9(16)13-11(14-10)18-12/h5H,2-4,12H2,1H3,(H,13,14,16). The summed E-state index contributed by atoms with van der Waals surface area (Å²) < 4.78 is 4.88. The molecule has 3 N–H and O–H groups in total. The number of nitrogens with zero attached hydrogens (tertiary/aromatic N) is 1. The van der Waals surface area contributed by atoms with Crippen LogP contribution >= 0.6 is 0 Å². The predicted octanol–water partition coefficient (Wildman–Crippen LogP) is 0.471. The van der Waals surface area contributed by atoms with Crippen LogP contribution in [0.4, 0.5) is 0 Å². The number of H-pyrrole nitrogens is 1. The van der Waals surface area contributed by atoms with Crippen LogP contribution in [0.3, 0.4) is 0 Å². The Kier molecular flexibility index (Phi) is 3.42. The first-order valence-electron chi connectivity index (χ1n) is 5.59. The number of nitrogens with two attached hydrogens (primary N) is 1. The Morgan fingerprint density at radius 1 is 1.50 bits per heavy atom. The average molecular weight is 251 g/mol. The highest BCUT2D eigenvalue weighted by atomic mass is 16.6. The van der Waals surface area contributed by atoms with E-state index in [1.807, 2.05) is 6.92 Å². The molecule has 2 rings (SSSR count). The van der Waals surface area contributed by atoms with Crippen molar-refractivity contribution in [3.8, 4) is 6.01 Å². The summed E-state index contributed by atoms with van der Waals surface area (Å²) in [7, 11) is 0. The summed E-state index contributed by atoms with van der Waals surface area (Å²) in [5.74, 6) is 4.91. The van der Waals surface area contributed by atoms with Crippen LogP contribution in [-0.4, -0.2) is 9.97 Å². The fourth-order valence-electron chi connectivity index (χ4n) is 1.75. The van der Waals surface area contributed by atoms with Crippen LogP contribution in [-0.2, 0) is 6.42 Å². The summed E-state index contributed by atoms with van der Waals surface area (Å²) in [4.78, 5) is 33.8. The van der Waals surface area contributed by atoms with Crippen LogP contribution in [0.1, 0.15) is 25.3 Å². The van der Waals surface area contributed by atoms with Gasteiger partial charge in [0.25, 0.3) is 5.56 Å². The molecule has 96 valence electrons. The van der Waals surface area contributed by atoms with Crippen LogP contribution in [0.5, 0.6) is 6.01 Å². The third kappa shape index (κ3) is 2.25. The normalized spacial score (nSPS) is 10.8. The van der Waals surface area contributed by atoms with Gasteiger partial charge in [0, 0.05) is 6.07 Å². The molecule has 0 spiro atoms. The van der Waals surface area contributed by atoms with E-state index >= 15 is 0 Å². The first kappa shape index (κ1) is 12.3. The van der Waals surface area contributed by atoms with Crippen molar-refractivity contribution >= 4 is 11.1 Å². The topological polar surface area (TPSA) is 111 Å². The lowest BCUT2D eigenvalue weighted by Crippen LogP contribution is -2.17. The van der Waals surface area contributed by atoms with E-state index in [4.69, 9.17) is 10.3 Å². The van der Waals surface area contributed by atoms with Crippen molar-refractivity contribution in [1.82, 2.24) is 9.97 Å². The summed E-state index contributed by atoms with van der Waals surface area (Å²) in [5, 5.41) is 0.267. The molecular formula is C11H13N3O4. The van der Waals surface area contributed by atoms with Gasteiger partial charge in [-0.05, 0) is 18.4 Å². The van der Waals surface area contributed by atoms with Gasteiger partial charge in [-0.1, -0.05) is 13.3 Å². The zero-order valence-electron chi connectivity index (χ0n) is 9.86. The van der Waals surface area contributed by atoms with Crippen molar-refractivity contribution < 1.29 is 9.25 Å². The van der Waals surface area contributed by atoms with Gasteiger partial charge in [0.1, 0.15) is 5.39 Å². The number of unbranched alkanes of at least 4 members (excludes halogenated alkanes) is 1. The average Bonchev–Trinajstić information content (AvgIpc) is 2.34. The van der Waals surface area contributed by atoms with Gasteiger partial charge in [-0.25, -0.2) is 4.79 Å². The quantitative estimate of drug-likeness (QED) is 0.764. The van der Waals surface area contributed by atoms with Crippen LogP contribution in [0, 0.1) is 0 Å². The van der Waals surface area contributed by atoms with Gasteiger partial charge in [-0.15, -0.1) is 0 Å². The smallest absolute Gasteiger partial charge is 0.337 e. The maximum Gasteiger partial charge on any atom is 0.337 e. The molecule has 0 radical (unpaired) electrons. The second-order valence-corrected chi connectivity index (χ2v) is 3.86. The minimum absolute atomic E-state index is 0.0576. The molecule has 0 bridgehead atoms. The molecule has 18 heavy (non-hydrogen) atoms. The molecule has 0 atom stereocenters. The lowest BCUT2D eigenvalue weighted by molar-refractivity contribution is 0.304. The summed E-state index contributed by atoms with van der Waals surface area (Å²) in [6.45, 7) is 2.02. The highest BCUT2D eigenvalue weighted by molar-refractivity contribution is 5.75. The molecule has 0 unspecified atom stereocenters. The lowest BCUT2D eigenvalue weighted by Gasteiger charge is -2.04. The zero-order chi connectivity index (χ0) is 13.1. The number of hydrogen-bond donors (Lipinski definition) is 2. The van der Waals surface area contributed by atoms with E-state index < -0.39 is 11.2 Å². The van der Waals surface area contributed by atoms with E-state index in [0.717, 1.165) is 12.8 Å². The monoisotopic (exact) mass is 251 g/mol. The van der Waals surface area contributed by atoms with Crippen molar-refractivity contribution in [3.63, 3.8) is 0 Å². The van der Waals surface area contributed by atoms with E-state index in [-0.39, 0.29) is 17.1 Å². The first-order valence-corrected chi connectivity index (χ1v) is 5.59. The molecule has 0 aliphatic carbocycles. The van der Waals surface area contributed by atoms with E-state index in [1.54, 1.807) is 0 Å². The van der Waals surface area contributed by atoms with Crippen molar-refractivity contribution in [3.05, 3.63) is 32.4 Å². The fraction of sp³-hybridized carbons (Fsp3) is 0.364. The minimum atomic E-state index is -0.547. The molecule has 0 aliphatic heterocycles. The highest BCUT2D eigenvalue weighted by Gasteiger charge is 2.12. The summed E-state index contributed by atoms with van der Waals surface area (Å²) in [5.41, 5.74) is -0.414. The number of fused-ring (bicyclic) bond motifs is 1. The summed E-state index contributed by atoms with van der Waals surface area (Å²) >= 11 is 0. The molecule has 2 aromatic rings. The van der Waals surface area contributed by atoms with Crippen LogP contribution in [0.2, 0.25) is 0 Å². The fourth-order valence-corrected chi connectivity index (χ4v) is 1.75. The largest absolute Gasteiger partial charge is 0.403 e. The second-order valence-electron chi connectivity index (χ2n) is 3.86. The van der Waals surface area contributed by atoms with Crippen molar-refractivity contribution in [2.24, 2.45) is 5.90 Å².